The number of fused-ring (bicyclic) bond motifs is 2. The number of anilines is 1. The van der Waals surface area contributed by atoms with E-state index >= 15 is 0 Å². The van der Waals surface area contributed by atoms with Crippen LogP contribution in [-0.4, -0.2) is 47.8 Å². The maximum atomic E-state index is 13.8. The Kier molecular flexibility index (Phi) is 6.38. The molecule has 1 fully saturated rings. The Hall–Kier alpha value is -4.62. The van der Waals surface area contributed by atoms with Crippen LogP contribution in [0.1, 0.15) is 31.3 Å². The first-order valence-corrected chi connectivity index (χ1v) is 12.0. The highest BCUT2D eigenvalue weighted by Gasteiger charge is 2.27. The van der Waals surface area contributed by atoms with E-state index in [-0.39, 0.29) is 30.3 Å². The molecule has 0 radical (unpaired) electrons. The fraction of sp³-hybridized carbons (Fsp3) is 0.400. The maximum absolute atomic E-state index is 13.8. The third kappa shape index (κ3) is 4.30. The van der Waals surface area contributed by atoms with Crippen LogP contribution in [0.3, 0.4) is 0 Å². The van der Waals surface area contributed by atoms with E-state index < -0.39 is 11.2 Å². The van der Waals surface area contributed by atoms with Crippen molar-refractivity contribution in [2.75, 3.05) is 18.0 Å². The lowest BCUT2D eigenvalue weighted by molar-refractivity contribution is 0.494. The average molecular weight is 499 g/mol. The molecular weight excluding hydrogens is 472 g/mol. The number of benzene rings is 1. The van der Waals surface area contributed by atoms with E-state index in [1.54, 1.807) is 18.5 Å². The molecule has 0 saturated carbocycles. The number of imidazole rings is 1. The molecule has 0 N–H and O–H groups in total. The fourth-order valence-corrected chi connectivity index (χ4v) is 4.86. The molecule has 12 heteroatoms. The summed E-state index contributed by atoms with van der Waals surface area (Å²) in [5.41, 5.74) is 10.0. The third-order valence-electron chi connectivity index (χ3n) is 6.66. The number of para-hydroxylation sites is 1. The van der Waals surface area contributed by atoms with E-state index in [0.717, 1.165) is 34.0 Å². The zero-order valence-corrected chi connectivity index (χ0v) is 20.9. The summed E-state index contributed by atoms with van der Waals surface area (Å²) in [6.07, 6.45) is 1.60. The highest BCUT2D eigenvalue weighted by molar-refractivity contribution is 5.80. The first-order chi connectivity index (χ1) is 17.9. The van der Waals surface area contributed by atoms with Gasteiger partial charge in [0.1, 0.15) is 5.82 Å². The van der Waals surface area contributed by atoms with Crippen LogP contribution in [0.25, 0.3) is 32.5 Å². The van der Waals surface area contributed by atoms with E-state index in [2.05, 4.69) is 31.8 Å². The van der Waals surface area contributed by atoms with Gasteiger partial charge in [0.15, 0.2) is 11.2 Å². The predicted octanol–water partition coefficient (Wildman–Crippen LogP) is 2.50. The molecule has 0 amide bonds. The Balaban J connectivity index is 1.67. The van der Waals surface area contributed by atoms with Crippen molar-refractivity contribution in [3.05, 3.63) is 67.1 Å². The molecule has 0 aliphatic carbocycles. The number of aromatic nitrogens is 6. The van der Waals surface area contributed by atoms with Crippen molar-refractivity contribution in [2.45, 2.75) is 45.8 Å². The van der Waals surface area contributed by atoms with Gasteiger partial charge < -0.3 is 4.90 Å². The quantitative estimate of drug-likeness (QED) is 0.179. The second kappa shape index (κ2) is 9.79. The SMILES string of the molecule is CC#CCn1c(N2CCCC(N=[N+]=[N-])C2)nc2c1c(=O)n(Cc1nc(C)c3ccccc3n1)c(=O)n2C. The molecule has 1 unspecified atom stereocenters. The van der Waals surface area contributed by atoms with Gasteiger partial charge in [-0.1, -0.05) is 29.2 Å². The van der Waals surface area contributed by atoms with Gasteiger partial charge in [0.25, 0.3) is 5.56 Å². The molecule has 1 saturated heterocycles. The van der Waals surface area contributed by atoms with Gasteiger partial charge in [0.2, 0.25) is 5.95 Å². The minimum atomic E-state index is -0.504. The molecule has 3 aromatic heterocycles. The lowest BCUT2D eigenvalue weighted by atomic mass is 10.1. The minimum Gasteiger partial charge on any atom is -0.342 e. The molecule has 4 heterocycles. The first kappa shape index (κ1) is 24.1. The highest BCUT2D eigenvalue weighted by atomic mass is 16.2. The molecule has 188 valence electrons. The summed E-state index contributed by atoms with van der Waals surface area (Å²) in [5, 5.41) is 4.80. The molecular formula is C25H26N10O2. The van der Waals surface area contributed by atoms with E-state index in [9.17, 15) is 9.59 Å². The van der Waals surface area contributed by atoms with E-state index in [4.69, 9.17) is 10.5 Å². The molecule has 1 aromatic carbocycles. The van der Waals surface area contributed by atoms with Crippen LogP contribution in [0.15, 0.2) is 39.0 Å². The fourth-order valence-electron chi connectivity index (χ4n) is 4.86. The summed E-state index contributed by atoms with van der Waals surface area (Å²) >= 11 is 0. The second-order valence-electron chi connectivity index (χ2n) is 9.02. The van der Waals surface area contributed by atoms with Gasteiger partial charge in [-0.2, -0.15) is 4.98 Å². The molecule has 1 aliphatic rings. The van der Waals surface area contributed by atoms with Gasteiger partial charge in [-0.3, -0.25) is 18.5 Å². The van der Waals surface area contributed by atoms with Crippen LogP contribution in [0.5, 0.6) is 0 Å². The molecule has 4 aromatic rings. The van der Waals surface area contributed by atoms with E-state index in [1.165, 1.54) is 4.57 Å². The van der Waals surface area contributed by atoms with E-state index in [1.807, 2.05) is 36.1 Å². The second-order valence-corrected chi connectivity index (χ2v) is 9.02. The smallest absolute Gasteiger partial charge is 0.332 e. The summed E-state index contributed by atoms with van der Waals surface area (Å²) in [4.78, 5) is 45.9. The Morgan fingerprint density at radius 2 is 2.00 bits per heavy atom. The lowest BCUT2D eigenvalue weighted by Crippen LogP contribution is -2.40. The summed E-state index contributed by atoms with van der Waals surface area (Å²) < 4.78 is 4.26. The zero-order chi connectivity index (χ0) is 26.1. The Morgan fingerprint density at radius 1 is 1.19 bits per heavy atom. The Bertz CT molecular complexity index is 1750. The topological polar surface area (TPSA) is 140 Å². The van der Waals surface area contributed by atoms with Crippen molar-refractivity contribution in [1.82, 2.24) is 28.7 Å². The van der Waals surface area contributed by atoms with Crippen LogP contribution in [0, 0.1) is 18.8 Å². The summed E-state index contributed by atoms with van der Waals surface area (Å²) in [5.74, 6) is 6.80. The van der Waals surface area contributed by atoms with Crippen molar-refractivity contribution in [3.8, 4) is 11.8 Å². The number of hydrogen-bond acceptors (Lipinski definition) is 7. The first-order valence-electron chi connectivity index (χ1n) is 12.0. The molecule has 1 atom stereocenters. The average Bonchev–Trinajstić information content (AvgIpc) is 3.29. The normalized spacial score (nSPS) is 15.4. The van der Waals surface area contributed by atoms with Crippen molar-refractivity contribution >= 4 is 28.0 Å². The third-order valence-corrected chi connectivity index (χ3v) is 6.66. The van der Waals surface area contributed by atoms with Gasteiger partial charge in [0, 0.05) is 36.1 Å². The highest BCUT2D eigenvalue weighted by Crippen LogP contribution is 2.24. The molecule has 0 spiro atoms. The Morgan fingerprint density at radius 3 is 2.78 bits per heavy atom. The lowest BCUT2D eigenvalue weighted by Gasteiger charge is -2.31. The maximum Gasteiger partial charge on any atom is 0.332 e. The number of rotatable bonds is 5. The van der Waals surface area contributed by atoms with Crippen LogP contribution >= 0.6 is 0 Å². The van der Waals surface area contributed by atoms with Crippen molar-refractivity contribution < 1.29 is 0 Å². The van der Waals surface area contributed by atoms with Crippen LogP contribution in [0.2, 0.25) is 0 Å². The van der Waals surface area contributed by atoms with Crippen molar-refractivity contribution in [2.24, 2.45) is 12.2 Å². The molecule has 0 bridgehead atoms. The number of hydrogen-bond donors (Lipinski definition) is 0. The zero-order valence-electron chi connectivity index (χ0n) is 20.9. The molecule has 1 aliphatic heterocycles. The summed E-state index contributed by atoms with van der Waals surface area (Å²) in [6, 6.07) is 7.43. The van der Waals surface area contributed by atoms with Crippen LogP contribution in [0.4, 0.5) is 5.95 Å². The summed E-state index contributed by atoms with van der Waals surface area (Å²) in [7, 11) is 1.60. The van der Waals surface area contributed by atoms with Gasteiger partial charge in [-0.25, -0.2) is 14.8 Å². The van der Waals surface area contributed by atoms with Gasteiger partial charge in [-0.05, 0) is 38.3 Å². The molecule has 12 nitrogen and oxygen atoms in total. The van der Waals surface area contributed by atoms with Gasteiger partial charge >= 0.3 is 5.69 Å². The monoisotopic (exact) mass is 498 g/mol. The van der Waals surface area contributed by atoms with Gasteiger partial charge in [-0.15, -0.1) is 5.92 Å². The van der Waals surface area contributed by atoms with Crippen LogP contribution < -0.4 is 16.1 Å². The van der Waals surface area contributed by atoms with Gasteiger partial charge in [0.05, 0.1) is 24.6 Å². The number of aryl methyl sites for hydroxylation is 2. The molecule has 5 rings (SSSR count). The number of azide groups is 1. The van der Waals surface area contributed by atoms with E-state index in [0.29, 0.717) is 24.9 Å². The van der Waals surface area contributed by atoms with Crippen molar-refractivity contribution in [1.29, 1.82) is 0 Å². The Labute approximate surface area is 211 Å². The summed E-state index contributed by atoms with van der Waals surface area (Å²) in [6.45, 7) is 4.92. The number of piperidine rings is 1. The number of nitrogens with zero attached hydrogens (tertiary/aromatic N) is 10. The molecule has 37 heavy (non-hydrogen) atoms. The standard InChI is InChI=1S/C25H26N10O2/c1-4-5-13-34-21-22(29-24(34)33-12-8-9-17(14-33)30-31-26)32(3)25(37)35(23(21)36)15-20-27-16(2)18-10-6-7-11-19(18)28-20/h6-7,10-11,17H,8-9,12-15H2,1-3H3. The minimum absolute atomic E-state index is 0.0736. The van der Waals surface area contributed by atoms with Crippen molar-refractivity contribution in [3.63, 3.8) is 0 Å². The predicted molar refractivity (Wildman–Crippen MR) is 140 cm³/mol. The largest absolute Gasteiger partial charge is 0.342 e. The van der Waals surface area contributed by atoms with Crippen LogP contribution in [-0.2, 0) is 20.1 Å².